The number of hydrogen-bond donors (Lipinski definition) is 0. The highest BCUT2D eigenvalue weighted by Crippen LogP contribution is 2.28. The van der Waals surface area contributed by atoms with Crippen LogP contribution < -0.4 is 4.90 Å². The summed E-state index contributed by atoms with van der Waals surface area (Å²) in [6.07, 6.45) is 1.62. The van der Waals surface area contributed by atoms with E-state index in [1.54, 1.807) is 12.1 Å². The summed E-state index contributed by atoms with van der Waals surface area (Å²) in [4.78, 5) is 28.8. The molecule has 1 aliphatic rings. The van der Waals surface area contributed by atoms with Gasteiger partial charge in [-0.05, 0) is 56.5 Å². The quantitative estimate of drug-likeness (QED) is 0.371. The summed E-state index contributed by atoms with van der Waals surface area (Å²) in [6.45, 7) is 6.15. The second kappa shape index (κ2) is 9.96. The minimum Gasteiger partial charge on any atom is -0.305 e. The molecule has 0 atom stereocenters. The van der Waals surface area contributed by atoms with E-state index in [2.05, 4.69) is 11.0 Å². The first-order chi connectivity index (χ1) is 15.9. The number of carbonyl (C=O) groups excluding carboxylic acids is 1. The Hall–Kier alpha value is -3.51. The van der Waals surface area contributed by atoms with Crippen LogP contribution in [-0.4, -0.2) is 34.9 Å². The van der Waals surface area contributed by atoms with Crippen molar-refractivity contribution in [1.29, 1.82) is 0 Å². The minimum atomic E-state index is -0.318. The minimum absolute atomic E-state index is 0.0118. The number of aryl methyl sites for hydroxylation is 2. The van der Waals surface area contributed by atoms with Crippen molar-refractivity contribution in [2.24, 2.45) is 0 Å². The average molecular weight is 444 g/mol. The molecule has 0 saturated carbocycles. The van der Waals surface area contributed by atoms with Crippen LogP contribution in [0.15, 0.2) is 72.8 Å². The summed E-state index contributed by atoms with van der Waals surface area (Å²) in [5, 5.41) is 11.4. The lowest BCUT2D eigenvalue weighted by molar-refractivity contribution is -0.385. The fraction of sp³-hybridized carbons (Fsp3) is 0.296. The first kappa shape index (κ1) is 22.7. The highest BCUT2D eigenvalue weighted by atomic mass is 16.6. The molecular formula is C27H29N3O3. The van der Waals surface area contributed by atoms with Crippen LogP contribution in [0, 0.1) is 24.0 Å². The van der Waals surface area contributed by atoms with Gasteiger partial charge in [-0.15, -0.1) is 0 Å². The van der Waals surface area contributed by atoms with Gasteiger partial charge in [-0.3, -0.25) is 19.8 Å². The molecule has 3 aromatic rings. The summed E-state index contributed by atoms with van der Waals surface area (Å²) in [5.74, 6) is 0.0118. The van der Waals surface area contributed by atoms with Gasteiger partial charge in [0.15, 0.2) is 0 Å². The Balaban J connectivity index is 1.53. The number of amides is 1. The highest BCUT2D eigenvalue weighted by molar-refractivity contribution is 6.06. The van der Waals surface area contributed by atoms with Gasteiger partial charge in [0.05, 0.1) is 4.92 Å². The summed E-state index contributed by atoms with van der Waals surface area (Å²) >= 11 is 0. The number of carbonyl (C=O) groups is 1. The van der Waals surface area contributed by atoms with Crippen molar-refractivity contribution in [3.8, 4) is 0 Å². The third kappa shape index (κ3) is 5.29. The van der Waals surface area contributed by atoms with E-state index >= 15 is 0 Å². The molecule has 0 aliphatic carbocycles. The van der Waals surface area contributed by atoms with Gasteiger partial charge in [0.1, 0.15) is 0 Å². The van der Waals surface area contributed by atoms with Gasteiger partial charge in [-0.2, -0.15) is 0 Å². The summed E-state index contributed by atoms with van der Waals surface area (Å²) in [5.41, 5.74) is 4.73. The molecule has 6 heteroatoms. The molecule has 0 spiro atoms. The lowest BCUT2D eigenvalue weighted by Gasteiger charge is -2.38. The van der Waals surface area contributed by atoms with Crippen LogP contribution in [0.1, 0.15) is 39.9 Å². The second-order valence-corrected chi connectivity index (χ2v) is 8.77. The van der Waals surface area contributed by atoms with Crippen molar-refractivity contribution in [1.82, 2.24) is 4.90 Å². The van der Waals surface area contributed by atoms with Gasteiger partial charge in [0.25, 0.3) is 11.6 Å². The Labute approximate surface area is 194 Å². The Morgan fingerprint density at radius 3 is 2.33 bits per heavy atom. The van der Waals surface area contributed by atoms with Gasteiger partial charge in [0, 0.05) is 48.6 Å². The van der Waals surface area contributed by atoms with E-state index in [4.69, 9.17) is 0 Å². The Morgan fingerprint density at radius 1 is 0.970 bits per heavy atom. The normalized spacial score (nSPS) is 14.7. The number of nitro benzene ring substituents is 1. The lowest BCUT2D eigenvalue weighted by Crippen LogP contribution is -2.47. The van der Waals surface area contributed by atoms with Crippen molar-refractivity contribution in [3.05, 3.63) is 105 Å². The molecule has 3 aromatic carbocycles. The molecule has 1 fully saturated rings. The standard InChI is InChI=1S/C27H29N3O3/c1-20-10-12-22(13-11-20)27(31)29(25-8-5-6-21(2)18-25)24-14-16-28(17-15-24)19-23-7-3-4-9-26(23)30(32)33/h3-13,18,24H,14-17,19H2,1-2H3. The largest absolute Gasteiger partial charge is 0.305 e. The fourth-order valence-electron chi connectivity index (χ4n) is 4.51. The van der Waals surface area contributed by atoms with Crippen LogP contribution in [-0.2, 0) is 6.54 Å². The summed E-state index contributed by atoms with van der Waals surface area (Å²) < 4.78 is 0. The molecule has 4 rings (SSSR count). The van der Waals surface area contributed by atoms with Gasteiger partial charge in [-0.1, -0.05) is 48.0 Å². The number of rotatable bonds is 6. The number of benzene rings is 3. The SMILES string of the molecule is Cc1ccc(C(=O)N(c2cccc(C)c2)C2CCN(Cc3ccccc3[N+](=O)[O-])CC2)cc1. The number of likely N-dealkylation sites (tertiary alicyclic amines) is 1. The third-order valence-electron chi connectivity index (χ3n) is 6.30. The highest BCUT2D eigenvalue weighted by Gasteiger charge is 2.30. The number of para-hydroxylation sites is 1. The fourth-order valence-corrected chi connectivity index (χ4v) is 4.51. The lowest BCUT2D eigenvalue weighted by atomic mass is 9.99. The van der Waals surface area contributed by atoms with E-state index < -0.39 is 0 Å². The Bertz CT molecular complexity index is 1140. The molecule has 0 aromatic heterocycles. The van der Waals surface area contributed by atoms with Crippen LogP contribution in [0.4, 0.5) is 11.4 Å². The molecule has 0 unspecified atom stereocenters. The molecule has 0 bridgehead atoms. The maximum atomic E-state index is 13.6. The van der Waals surface area contributed by atoms with Crippen molar-refractivity contribution in [2.45, 2.75) is 39.3 Å². The van der Waals surface area contributed by atoms with Crippen molar-refractivity contribution < 1.29 is 9.72 Å². The molecular weight excluding hydrogens is 414 g/mol. The topological polar surface area (TPSA) is 66.7 Å². The predicted molar refractivity (Wildman–Crippen MR) is 131 cm³/mol. The van der Waals surface area contributed by atoms with Crippen LogP contribution in [0.25, 0.3) is 0 Å². The molecule has 6 nitrogen and oxygen atoms in total. The zero-order chi connectivity index (χ0) is 23.4. The molecule has 0 N–H and O–H groups in total. The van der Waals surface area contributed by atoms with Crippen molar-refractivity contribution >= 4 is 17.3 Å². The monoisotopic (exact) mass is 443 g/mol. The maximum Gasteiger partial charge on any atom is 0.273 e. The van der Waals surface area contributed by atoms with E-state index in [9.17, 15) is 14.9 Å². The van der Waals surface area contributed by atoms with Gasteiger partial charge in [-0.25, -0.2) is 0 Å². The van der Waals surface area contributed by atoms with E-state index in [-0.39, 0.29) is 22.6 Å². The summed E-state index contributed by atoms with van der Waals surface area (Å²) in [6, 6.07) is 22.8. The Kier molecular flexibility index (Phi) is 6.84. The van der Waals surface area contributed by atoms with Gasteiger partial charge < -0.3 is 4.90 Å². The number of hydrogen-bond acceptors (Lipinski definition) is 4. The van der Waals surface area contributed by atoms with Crippen molar-refractivity contribution in [2.75, 3.05) is 18.0 Å². The molecule has 1 amide bonds. The second-order valence-electron chi connectivity index (χ2n) is 8.77. The van der Waals surface area contributed by atoms with Crippen LogP contribution in [0.3, 0.4) is 0 Å². The molecule has 33 heavy (non-hydrogen) atoms. The number of anilines is 1. The molecule has 1 aliphatic heterocycles. The predicted octanol–water partition coefficient (Wildman–Crippen LogP) is 5.52. The van der Waals surface area contributed by atoms with Crippen molar-refractivity contribution in [3.63, 3.8) is 0 Å². The zero-order valence-corrected chi connectivity index (χ0v) is 19.1. The van der Waals surface area contributed by atoms with E-state index in [0.29, 0.717) is 12.1 Å². The number of piperidine rings is 1. The zero-order valence-electron chi connectivity index (χ0n) is 19.1. The first-order valence-electron chi connectivity index (χ1n) is 11.3. The van der Waals surface area contributed by atoms with Crippen LogP contribution in [0.5, 0.6) is 0 Å². The molecule has 1 heterocycles. The smallest absolute Gasteiger partial charge is 0.273 e. The summed E-state index contributed by atoms with van der Waals surface area (Å²) in [7, 11) is 0. The number of nitro groups is 1. The van der Waals surface area contributed by atoms with Gasteiger partial charge in [0.2, 0.25) is 0 Å². The molecule has 1 saturated heterocycles. The molecule has 0 radical (unpaired) electrons. The average Bonchev–Trinajstić information content (AvgIpc) is 2.81. The maximum absolute atomic E-state index is 13.6. The van der Waals surface area contributed by atoms with E-state index in [0.717, 1.165) is 48.3 Å². The first-order valence-corrected chi connectivity index (χ1v) is 11.3. The third-order valence-corrected chi connectivity index (χ3v) is 6.30. The van der Waals surface area contributed by atoms with E-state index in [1.165, 1.54) is 0 Å². The van der Waals surface area contributed by atoms with Crippen LogP contribution in [0.2, 0.25) is 0 Å². The van der Waals surface area contributed by atoms with Crippen LogP contribution >= 0.6 is 0 Å². The molecule has 170 valence electrons. The van der Waals surface area contributed by atoms with Gasteiger partial charge >= 0.3 is 0 Å². The number of nitrogens with zero attached hydrogens (tertiary/aromatic N) is 3. The van der Waals surface area contributed by atoms with E-state index in [1.807, 2.05) is 73.3 Å². The Morgan fingerprint density at radius 2 is 1.67 bits per heavy atom.